The second-order valence-electron chi connectivity index (χ2n) is 4.16. The van der Waals surface area contributed by atoms with Crippen LogP contribution in [0.3, 0.4) is 0 Å². The van der Waals surface area contributed by atoms with Crippen molar-refractivity contribution in [3.8, 4) is 0 Å². The van der Waals surface area contributed by atoms with Gasteiger partial charge in [0, 0.05) is 12.5 Å². The van der Waals surface area contributed by atoms with E-state index in [0.717, 1.165) is 6.61 Å². The second-order valence-corrected chi connectivity index (χ2v) is 4.16. The number of hydrogen-bond donors (Lipinski definition) is 0. The summed E-state index contributed by atoms with van der Waals surface area (Å²) in [4.78, 5) is 0. The van der Waals surface area contributed by atoms with Crippen molar-refractivity contribution < 1.29 is 9.47 Å². The third kappa shape index (κ3) is 1.50. The minimum absolute atomic E-state index is 0.370. The molecule has 2 heteroatoms. The Morgan fingerprint density at radius 3 is 2.83 bits per heavy atom. The molecule has 70 valence electrons. The molecule has 12 heavy (non-hydrogen) atoms. The molecule has 1 unspecified atom stereocenters. The van der Waals surface area contributed by atoms with E-state index in [-0.39, 0.29) is 0 Å². The number of fused-ring (bicyclic) bond motifs is 1. The molecule has 1 heterocycles. The third-order valence-corrected chi connectivity index (χ3v) is 2.92. The van der Waals surface area contributed by atoms with E-state index >= 15 is 0 Å². The Morgan fingerprint density at radius 2 is 2.08 bits per heavy atom. The van der Waals surface area contributed by atoms with Gasteiger partial charge in [0.05, 0.1) is 18.3 Å². The fraction of sp³-hybridized carbons (Fsp3) is 1.00. The average Bonchev–Trinajstić information content (AvgIpc) is 2.52. The highest BCUT2D eigenvalue weighted by Gasteiger charge is 2.41. The predicted octanol–water partition coefficient (Wildman–Crippen LogP) is 1.98. The number of rotatable bonds is 2. The van der Waals surface area contributed by atoms with E-state index < -0.39 is 0 Å². The van der Waals surface area contributed by atoms with Gasteiger partial charge < -0.3 is 9.47 Å². The van der Waals surface area contributed by atoms with Gasteiger partial charge in [-0.1, -0.05) is 0 Å². The van der Waals surface area contributed by atoms with Crippen LogP contribution in [0.4, 0.5) is 0 Å². The normalized spacial score (nSPS) is 40.8. The maximum atomic E-state index is 5.85. The van der Waals surface area contributed by atoms with Crippen LogP contribution < -0.4 is 0 Å². The maximum Gasteiger partial charge on any atom is 0.0633 e. The Morgan fingerprint density at radius 1 is 1.25 bits per heavy atom. The Balaban J connectivity index is 1.91. The van der Waals surface area contributed by atoms with Crippen LogP contribution in [0.1, 0.15) is 33.1 Å². The van der Waals surface area contributed by atoms with E-state index in [1.165, 1.54) is 19.3 Å². The lowest BCUT2D eigenvalue weighted by Gasteiger charge is -2.20. The largest absolute Gasteiger partial charge is 0.378 e. The lowest BCUT2D eigenvalue weighted by Crippen LogP contribution is -2.24. The lowest BCUT2D eigenvalue weighted by molar-refractivity contribution is -0.0174. The first-order valence-corrected chi connectivity index (χ1v) is 5.04. The first-order valence-electron chi connectivity index (χ1n) is 5.04. The van der Waals surface area contributed by atoms with Crippen molar-refractivity contribution in [1.29, 1.82) is 0 Å². The first-order chi connectivity index (χ1) is 5.77. The zero-order valence-corrected chi connectivity index (χ0v) is 7.95. The van der Waals surface area contributed by atoms with Crippen molar-refractivity contribution in [3.05, 3.63) is 0 Å². The van der Waals surface area contributed by atoms with Crippen molar-refractivity contribution >= 4 is 0 Å². The van der Waals surface area contributed by atoms with Crippen LogP contribution in [-0.2, 0) is 9.47 Å². The molecule has 0 bridgehead atoms. The summed E-state index contributed by atoms with van der Waals surface area (Å²) in [5.74, 6) is 0.701. The summed E-state index contributed by atoms with van der Waals surface area (Å²) in [7, 11) is 0. The summed E-state index contributed by atoms with van der Waals surface area (Å²) < 4.78 is 11.5. The van der Waals surface area contributed by atoms with Crippen LogP contribution in [0.2, 0.25) is 0 Å². The van der Waals surface area contributed by atoms with Crippen LogP contribution in [0.25, 0.3) is 0 Å². The van der Waals surface area contributed by atoms with E-state index in [4.69, 9.17) is 9.47 Å². The molecule has 0 aromatic rings. The standard InChI is InChI=1S/C10H18O2/c1-7(2)12-10-4-3-9-8(10)5-6-11-9/h7-10H,3-6H2,1-2H3/t8-,9-,10?/m1/s1. The van der Waals surface area contributed by atoms with Crippen LogP contribution >= 0.6 is 0 Å². The Labute approximate surface area is 74.2 Å². The Hall–Kier alpha value is -0.0800. The highest BCUT2D eigenvalue weighted by atomic mass is 16.5. The summed E-state index contributed by atoms with van der Waals surface area (Å²) in [6.07, 6.45) is 5.00. The lowest BCUT2D eigenvalue weighted by atomic mass is 10.0. The zero-order chi connectivity index (χ0) is 8.55. The predicted molar refractivity (Wildman–Crippen MR) is 47.1 cm³/mol. The highest BCUT2D eigenvalue weighted by molar-refractivity contribution is 4.90. The first kappa shape index (κ1) is 8.52. The van der Waals surface area contributed by atoms with E-state index in [1.54, 1.807) is 0 Å². The number of ether oxygens (including phenoxy) is 2. The average molecular weight is 170 g/mol. The van der Waals surface area contributed by atoms with E-state index in [9.17, 15) is 0 Å². The monoisotopic (exact) mass is 170 g/mol. The van der Waals surface area contributed by atoms with Gasteiger partial charge in [0.2, 0.25) is 0 Å². The molecule has 1 saturated heterocycles. The SMILES string of the molecule is CC(C)OC1CC[C@H]2OCC[C@@H]12. The van der Waals surface area contributed by atoms with Crippen LogP contribution in [0.5, 0.6) is 0 Å². The van der Waals surface area contributed by atoms with Gasteiger partial charge in [-0.25, -0.2) is 0 Å². The molecule has 1 saturated carbocycles. The van der Waals surface area contributed by atoms with Gasteiger partial charge in [-0.05, 0) is 33.1 Å². The molecule has 2 fully saturated rings. The molecule has 2 rings (SSSR count). The third-order valence-electron chi connectivity index (χ3n) is 2.92. The fourth-order valence-electron chi connectivity index (χ4n) is 2.45. The van der Waals surface area contributed by atoms with Crippen molar-refractivity contribution in [2.75, 3.05) is 6.61 Å². The molecule has 0 aromatic heterocycles. The van der Waals surface area contributed by atoms with Gasteiger partial charge in [0.25, 0.3) is 0 Å². The highest BCUT2D eigenvalue weighted by Crippen LogP contribution is 2.38. The fourth-order valence-corrected chi connectivity index (χ4v) is 2.45. The molecule has 0 aromatic carbocycles. The van der Waals surface area contributed by atoms with Crippen molar-refractivity contribution in [2.45, 2.75) is 51.4 Å². The molecule has 0 radical (unpaired) electrons. The van der Waals surface area contributed by atoms with Gasteiger partial charge >= 0.3 is 0 Å². The maximum absolute atomic E-state index is 5.85. The minimum atomic E-state index is 0.370. The van der Waals surface area contributed by atoms with Gasteiger partial charge in [-0.3, -0.25) is 0 Å². The molecule has 0 spiro atoms. The van der Waals surface area contributed by atoms with Gasteiger partial charge in [-0.15, -0.1) is 0 Å². The Kier molecular flexibility index (Phi) is 2.37. The van der Waals surface area contributed by atoms with E-state index in [0.29, 0.717) is 24.2 Å². The molecule has 0 amide bonds. The molecular weight excluding hydrogens is 152 g/mol. The van der Waals surface area contributed by atoms with Crippen LogP contribution in [-0.4, -0.2) is 24.9 Å². The molecular formula is C10H18O2. The Bertz CT molecular complexity index is 156. The summed E-state index contributed by atoms with van der Waals surface area (Å²) in [5.41, 5.74) is 0. The van der Waals surface area contributed by atoms with E-state index in [1.807, 2.05) is 0 Å². The van der Waals surface area contributed by atoms with Crippen molar-refractivity contribution in [1.82, 2.24) is 0 Å². The van der Waals surface area contributed by atoms with Crippen molar-refractivity contribution in [3.63, 3.8) is 0 Å². The van der Waals surface area contributed by atoms with Gasteiger partial charge in [0.1, 0.15) is 0 Å². The summed E-state index contributed by atoms with van der Waals surface area (Å²) in [6, 6.07) is 0. The van der Waals surface area contributed by atoms with Crippen LogP contribution in [0.15, 0.2) is 0 Å². The summed E-state index contributed by atoms with van der Waals surface area (Å²) in [6.45, 7) is 5.18. The summed E-state index contributed by atoms with van der Waals surface area (Å²) in [5, 5.41) is 0. The van der Waals surface area contributed by atoms with Gasteiger partial charge in [-0.2, -0.15) is 0 Å². The molecule has 2 aliphatic rings. The van der Waals surface area contributed by atoms with E-state index in [2.05, 4.69) is 13.8 Å². The molecule has 3 atom stereocenters. The zero-order valence-electron chi connectivity index (χ0n) is 7.95. The summed E-state index contributed by atoms with van der Waals surface area (Å²) >= 11 is 0. The second kappa shape index (κ2) is 3.35. The van der Waals surface area contributed by atoms with Gasteiger partial charge in [0.15, 0.2) is 0 Å². The smallest absolute Gasteiger partial charge is 0.0633 e. The quantitative estimate of drug-likeness (QED) is 0.631. The molecule has 1 aliphatic carbocycles. The molecule has 1 aliphatic heterocycles. The topological polar surface area (TPSA) is 18.5 Å². The minimum Gasteiger partial charge on any atom is -0.378 e. The van der Waals surface area contributed by atoms with Crippen LogP contribution in [0, 0.1) is 5.92 Å². The number of hydrogen-bond acceptors (Lipinski definition) is 2. The van der Waals surface area contributed by atoms with Crippen molar-refractivity contribution in [2.24, 2.45) is 5.92 Å². The molecule has 2 nitrogen and oxygen atoms in total. The molecule has 0 N–H and O–H groups in total.